The Kier molecular flexibility index (Phi) is 5.95. The molecule has 150 valence electrons. The second kappa shape index (κ2) is 8.24. The molecule has 0 saturated carbocycles. The fourth-order valence-electron chi connectivity index (χ4n) is 3.06. The van der Waals surface area contributed by atoms with Crippen molar-refractivity contribution < 1.29 is 19.1 Å². The van der Waals surface area contributed by atoms with Crippen LogP contribution in [0.5, 0.6) is 5.75 Å². The Morgan fingerprint density at radius 3 is 2.79 bits per heavy atom. The Balaban J connectivity index is 1.49. The summed E-state index contributed by atoms with van der Waals surface area (Å²) in [6, 6.07) is 3.88. The summed E-state index contributed by atoms with van der Waals surface area (Å²) in [5.74, 6) is -0.248. The summed E-state index contributed by atoms with van der Waals surface area (Å²) in [6.45, 7) is 0.405. The van der Waals surface area contributed by atoms with Gasteiger partial charge in [-0.1, -0.05) is 29.3 Å². The van der Waals surface area contributed by atoms with Gasteiger partial charge in [-0.2, -0.15) is 0 Å². The van der Waals surface area contributed by atoms with Gasteiger partial charge in [-0.3, -0.25) is 19.5 Å². The minimum absolute atomic E-state index is 0.0444. The van der Waals surface area contributed by atoms with Crippen LogP contribution in [0.3, 0.4) is 0 Å². The van der Waals surface area contributed by atoms with E-state index in [1.807, 2.05) is 0 Å². The van der Waals surface area contributed by atoms with Crippen molar-refractivity contribution in [2.24, 2.45) is 4.99 Å². The van der Waals surface area contributed by atoms with E-state index in [9.17, 15) is 14.4 Å². The number of amides is 4. The van der Waals surface area contributed by atoms with Crippen molar-refractivity contribution in [1.29, 1.82) is 0 Å². The number of imide groups is 1. The molecule has 2 atom stereocenters. The predicted molar refractivity (Wildman–Crippen MR) is 104 cm³/mol. The highest BCUT2D eigenvalue weighted by Gasteiger charge is 2.48. The minimum Gasteiger partial charge on any atom is -0.490 e. The highest BCUT2D eigenvalue weighted by atomic mass is 35.5. The summed E-state index contributed by atoms with van der Waals surface area (Å²) in [7, 11) is 2.99. The first kappa shape index (κ1) is 20.2. The second-order valence-corrected chi connectivity index (χ2v) is 7.12. The van der Waals surface area contributed by atoms with E-state index >= 15 is 0 Å². The fourth-order valence-corrected chi connectivity index (χ4v) is 3.40. The lowest BCUT2D eigenvalue weighted by molar-refractivity contribution is -0.135. The number of ether oxygens (including phenoxy) is 1. The number of urea groups is 1. The number of nitrogens with one attached hydrogen (secondary N) is 1. The zero-order valence-electron chi connectivity index (χ0n) is 15.3. The molecule has 1 N–H and O–H groups in total. The van der Waals surface area contributed by atoms with Crippen LogP contribution >= 0.6 is 23.2 Å². The van der Waals surface area contributed by atoms with Crippen LogP contribution in [0, 0.1) is 0 Å². The van der Waals surface area contributed by atoms with E-state index in [1.54, 1.807) is 30.1 Å². The Hall–Kier alpha value is -2.52. The molecule has 0 spiro atoms. The number of hydrogen-bond donors (Lipinski definition) is 1. The molecule has 9 nitrogen and oxygen atoms in total. The summed E-state index contributed by atoms with van der Waals surface area (Å²) < 4.78 is 5.51. The molecule has 0 radical (unpaired) electrons. The fraction of sp³-hybridized carbons (Fsp3) is 0.412. The van der Waals surface area contributed by atoms with E-state index in [4.69, 9.17) is 27.9 Å². The van der Waals surface area contributed by atoms with Gasteiger partial charge in [-0.25, -0.2) is 4.79 Å². The van der Waals surface area contributed by atoms with Gasteiger partial charge in [0.15, 0.2) is 6.04 Å². The SMILES string of the molecule is CN1C(=O)C2N=CN(CC(=O)NCCOc3cccc(Cl)c3Cl)C2N(C)C1=O. The molecule has 2 unspecified atom stereocenters. The Morgan fingerprint density at radius 1 is 1.29 bits per heavy atom. The molecule has 28 heavy (non-hydrogen) atoms. The molecule has 2 aliphatic heterocycles. The van der Waals surface area contributed by atoms with Crippen molar-refractivity contribution in [1.82, 2.24) is 20.0 Å². The molecule has 4 amide bonds. The molecule has 0 aromatic heterocycles. The summed E-state index contributed by atoms with van der Waals surface area (Å²) in [5, 5.41) is 3.41. The number of benzene rings is 1. The number of rotatable bonds is 6. The molecule has 11 heteroatoms. The van der Waals surface area contributed by atoms with Crippen LogP contribution in [-0.4, -0.2) is 84.9 Å². The normalized spacial score (nSPS) is 21.2. The first-order valence-corrected chi connectivity index (χ1v) is 9.23. The van der Waals surface area contributed by atoms with E-state index in [0.717, 1.165) is 4.90 Å². The van der Waals surface area contributed by atoms with Crippen LogP contribution < -0.4 is 10.1 Å². The molecule has 3 rings (SSSR count). The Morgan fingerprint density at radius 2 is 2.04 bits per heavy atom. The van der Waals surface area contributed by atoms with Crippen molar-refractivity contribution >= 4 is 47.4 Å². The van der Waals surface area contributed by atoms with Gasteiger partial charge in [0.2, 0.25) is 5.91 Å². The molecule has 0 aliphatic carbocycles. The van der Waals surface area contributed by atoms with Gasteiger partial charge in [0.1, 0.15) is 23.5 Å². The number of hydrogen-bond acceptors (Lipinski definition) is 6. The zero-order valence-corrected chi connectivity index (χ0v) is 16.8. The average Bonchev–Trinajstić information content (AvgIpc) is 3.08. The molecule has 1 saturated heterocycles. The number of fused-ring (bicyclic) bond motifs is 1. The van der Waals surface area contributed by atoms with Gasteiger partial charge in [-0.05, 0) is 12.1 Å². The van der Waals surface area contributed by atoms with Crippen LogP contribution in [0.25, 0.3) is 0 Å². The number of likely N-dealkylation sites (N-methyl/N-ethyl adjacent to an activating group) is 2. The topological polar surface area (TPSA) is 94.6 Å². The van der Waals surface area contributed by atoms with Crippen LogP contribution in [0.15, 0.2) is 23.2 Å². The molecule has 1 aromatic rings. The maximum Gasteiger partial charge on any atom is 0.327 e. The minimum atomic E-state index is -0.728. The average molecular weight is 428 g/mol. The highest BCUT2D eigenvalue weighted by Crippen LogP contribution is 2.31. The van der Waals surface area contributed by atoms with Crippen LogP contribution in [0.2, 0.25) is 10.0 Å². The third kappa shape index (κ3) is 3.85. The standard InChI is InChI=1S/C17H19Cl2N5O4/c1-22-15-14(16(26)23(2)17(22)27)21-9-24(15)8-12(25)20-6-7-28-11-5-3-4-10(18)13(11)19/h3-5,9,14-15H,6-8H2,1-2H3,(H,20,25). The van der Waals surface area contributed by atoms with Gasteiger partial charge in [-0.15, -0.1) is 0 Å². The van der Waals surface area contributed by atoms with Crippen LogP contribution in [0.1, 0.15) is 0 Å². The van der Waals surface area contributed by atoms with Crippen molar-refractivity contribution in [3.05, 3.63) is 28.2 Å². The second-order valence-electron chi connectivity index (χ2n) is 6.34. The number of nitrogens with zero attached hydrogens (tertiary/aromatic N) is 4. The van der Waals surface area contributed by atoms with Gasteiger partial charge in [0.25, 0.3) is 5.91 Å². The molecular formula is C17H19Cl2N5O4. The van der Waals surface area contributed by atoms with Crippen molar-refractivity contribution in [3.63, 3.8) is 0 Å². The lowest BCUT2D eigenvalue weighted by Crippen LogP contribution is -2.64. The van der Waals surface area contributed by atoms with Crippen molar-refractivity contribution in [2.75, 3.05) is 33.8 Å². The van der Waals surface area contributed by atoms with E-state index in [0.29, 0.717) is 15.8 Å². The van der Waals surface area contributed by atoms with Crippen molar-refractivity contribution in [3.8, 4) is 5.75 Å². The van der Waals surface area contributed by atoms with Gasteiger partial charge in [0, 0.05) is 14.1 Å². The quantitative estimate of drug-likeness (QED) is 0.684. The van der Waals surface area contributed by atoms with Crippen LogP contribution in [-0.2, 0) is 9.59 Å². The monoisotopic (exact) mass is 427 g/mol. The van der Waals surface area contributed by atoms with Crippen molar-refractivity contribution in [2.45, 2.75) is 12.2 Å². The lowest BCUT2D eigenvalue weighted by Gasteiger charge is -2.40. The van der Waals surface area contributed by atoms with E-state index in [2.05, 4.69) is 10.3 Å². The lowest BCUT2D eigenvalue weighted by atomic mass is 10.1. The molecule has 1 aromatic carbocycles. The molecule has 2 aliphatic rings. The van der Waals surface area contributed by atoms with E-state index in [-0.39, 0.29) is 31.5 Å². The van der Waals surface area contributed by atoms with Gasteiger partial charge >= 0.3 is 6.03 Å². The smallest absolute Gasteiger partial charge is 0.327 e. The van der Waals surface area contributed by atoms with Crippen LogP contribution in [0.4, 0.5) is 4.79 Å². The number of aliphatic imine (C=N–C) groups is 1. The third-order valence-corrected chi connectivity index (χ3v) is 5.29. The first-order valence-electron chi connectivity index (χ1n) is 8.48. The summed E-state index contributed by atoms with van der Waals surface area (Å²) >= 11 is 11.9. The Labute approximate surface area is 171 Å². The molecule has 1 fully saturated rings. The summed E-state index contributed by atoms with van der Waals surface area (Å²) in [4.78, 5) is 44.7. The third-order valence-electron chi connectivity index (χ3n) is 4.49. The molecule has 2 heterocycles. The highest BCUT2D eigenvalue weighted by molar-refractivity contribution is 6.42. The Bertz CT molecular complexity index is 834. The summed E-state index contributed by atoms with van der Waals surface area (Å²) in [5.41, 5.74) is 0. The number of halogens is 2. The van der Waals surface area contributed by atoms with E-state index in [1.165, 1.54) is 18.3 Å². The zero-order chi connectivity index (χ0) is 20.4. The predicted octanol–water partition coefficient (Wildman–Crippen LogP) is 1.05. The van der Waals surface area contributed by atoms with Gasteiger partial charge in [0.05, 0.1) is 24.5 Å². The number of carbonyl (C=O) groups excluding carboxylic acids is 3. The maximum absolute atomic E-state index is 12.2. The van der Waals surface area contributed by atoms with Gasteiger partial charge < -0.3 is 19.9 Å². The first-order chi connectivity index (χ1) is 13.3. The number of carbonyl (C=O) groups is 3. The molecular weight excluding hydrogens is 409 g/mol. The summed E-state index contributed by atoms with van der Waals surface area (Å²) in [6.07, 6.45) is 0.821. The molecule has 0 bridgehead atoms. The largest absolute Gasteiger partial charge is 0.490 e. The van der Waals surface area contributed by atoms with E-state index < -0.39 is 18.2 Å². The maximum atomic E-state index is 12.2.